The van der Waals surface area contributed by atoms with Crippen molar-refractivity contribution in [3.8, 4) is 0 Å². The summed E-state index contributed by atoms with van der Waals surface area (Å²) in [6.45, 7) is 3.15. The minimum Gasteiger partial charge on any atom is -0.368 e. The molecule has 0 aliphatic heterocycles. The standard InChI is InChI=1S/C13H19N3O2S2/c1-13(2,12(15)18)16-11(17)9-5-3-4-6-10(9)20-8-19-7-14/h3-6H,7-8,14H2,1-2H3,(H2,15,18)(H,16,17). The fourth-order valence-corrected chi connectivity index (χ4v) is 3.06. The number of hydrogen-bond acceptors (Lipinski definition) is 5. The van der Waals surface area contributed by atoms with Gasteiger partial charge in [0, 0.05) is 15.9 Å². The monoisotopic (exact) mass is 313 g/mol. The van der Waals surface area contributed by atoms with Crippen LogP contribution in [0, 0.1) is 0 Å². The Morgan fingerprint density at radius 2 is 1.95 bits per heavy atom. The molecule has 1 aromatic rings. The Morgan fingerprint density at radius 3 is 2.55 bits per heavy atom. The van der Waals surface area contributed by atoms with Gasteiger partial charge in [0.05, 0.1) is 5.56 Å². The zero-order valence-corrected chi connectivity index (χ0v) is 13.1. The SMILES string of the molecule is CC(C)(NC(=O)c1ccccc1SCSCN)C(N)=O. The molecule has 1 aromatic carbocycles. The molecular formula is C13H19N3O2S2. The number of nitrogens with two attached hydrogens (primary N) is 2. The molecule has 5 N–H and O–H groups in total. The predicted molar refractivity (Wildman–Crippen MR) is 84.6 cm³/mol. The fraction of sp³-hybridized carbons (Fsp3) is 0.385. The van der Waals surface area contributed by atoms with Crippen LogP contribution in [0.5, 0.6) is 0 Å². The van der Waals surface area contributed by atoms with Crippen LogP contribution < -0.4 is 16.8 Å². The third kappa shape index (κ3) is 4.73. The van der Waals surface area contributed by atoms with Gasteiger partial charge in [-0.05, 0) is 26.0 Å². The highest BCUT2D eigenvalue weighted by Gasteiger charge is 2.28. The Bertz CT molecular complexity index is 492. The summed E-state index contributed by atoms with van der Waals surface area (Å²) in [6.07, 6.45) is 0. The first-order valence-corrected chi connectivity index (χ1v) is 8.14. The van der Waals surface area contributed by atoms with Crippen molar-refractivity contribution in [1.82, 2.24) is 5.32 Å². The number of thioether (sulfide) groups is 2. The van der Waals surface area contributed by atoms with Crippen molar-refractivity contribution in [3.63, 3.8) is 0 Å². The van der Waals surface area contributed by atoms with Crippen molar-refractivity contribution in [2.24, 2.45) is 11.5 Å². The molecule has 0 radical (unpaired) electrons. The smallest absolute Gasteiger partial charge is 0.253 e. The Labute approximate surface area is 127 Å². The molecule has 0 atom stereocenters. The first-order chi connectivity index (χ1) is 9.38. The largest absolute Gasteiger partial charge is 0.368 e. The zero-order chi connectivity index (χ0) is 15.2. The number of primary amides is 1. The van der Waals surface area contributed by atoms with Gasteiger partial charge in [-0.3, -0.25) is 9.59 Å². The summed E-state index contributed by atoms with van der Waals surface area (Å²) in [5, 5.41) is 3.41. The number of carbonyl (C=O) groups excluding carboxylic acids is 2. The van der Waals surface area contributed by atoms with E-state index in [9.17, 15) is 9.59 Å². The molecule has 7 heteroatoms. The highest BCUT2D eigenvalue weighted by molar-refractivity contribution is 8.16. The molecule has 0 bridgehead atoms. The quantitative estimate of drug-likeness (QED) is 0.401. The molecule has 0 aliphatic rings. The lowest BCUT2D eigenvalue weighted by Gasteiger charge is -2.22. The van der Waals surface area contributed by atoms with Crippen LogP contribution in [0.2, 0.25) is 0 Å². The number of nitrogens with one attached hydrogen (secondary N) is 1. The second kappa shape index (κ2) is 7.56. The van der Waals surface area contributed by atoms with E-state index in [4.69, 9.17) is 11.5 Å². The van der Waals surface area contributed by atoms with Gasteiger partial charge in [-0.25, -0.2) is 0 Å². The van der Waals surface area contributed by atoms with Crippen LogP contribution in [0.15, 0.2) is 29.2 Å². The summed E-state index contributed by atoms with van der Waals surface area (Å²) in [5.41, 5.74) is 10.1. The van der Waals surface area contributed by atoms with Crippen LogP contribution in [0.1, 0.15) is 24.2 Å². The summed E-state index contributed by atoms with van der Waals surface area (Å²) in [7, 11) is 0. The average Bonchev–Trinajstić information content (AvgIpc) is 2.39. The molecule has 0 saturated heterocycles. The van der Waals surface area contributed by atoms with Gasteiger partial charge in [-0.2, -0.15) is 0 Å². The Morgan fingerprint density at radius 1 is 1.30 bits per heavy atom. The second-order valence-corrected chi connectivity index (χ2v) is 6.99. The fourth-order valence-electron chi connectivity index (χ4n) is 1.35. The number of hydrogen-bond donors (Lipinski definition) is 3. The first kappa shape index (κ1) is 16.9. The van der Waals surface area contributed by atoms with Crippen molar-refractivity contribution < 1.29 is 9.59 Å². The van der Waals surface area contributed by atoms with E-state index in [1.807, 2.05) is 12.1 Å². The summed E-state index contributed by atoms with van der Waals surface area (Å²) >= 11 is 3.12. The minimum absolute atomic E-state index is 0.311. The molecule has 1 rings (SSSR count). The van der Waals surface area contributed by atoms with Gasteiger partial charge >= 0.3 is 0 Å². The van der Waals surface area contributed by atoms with E-state index < -0.39 is 11.4 Å². The highest BCUT2D eigenvalue weighted by atomic mass is 32.2. The lowest BCUT2D eigenvalue weighted by molar-refractivity contribution is -0.122. The summed E-state index contributed by atoms with van der Waals surface area (Å²) in [6, 6.07) is 7.24. The van der Waals surface area contributed by atoms with Crippen LogP contribution in [0.4, 0.5) is 0 Å². The molecule has 110 valence electrons. The third-order valence-electron chi connectivity index (χ3n) is 2.59. The van der Waals surface area contributed by atoms with E-state index in [2.05, 4.69) is 5.32 Å². The maximum atomic E-state index is 12.3. The van der Waals surface area contributed by atoms with Crippen LogP contribution in [-0.4, -0.2) is 28.3 Å². The van der Waals surface area contributed by atoms with Gasteiger partial charge in [0.25, 0.3) is 5.91 Å². The van der Waals surface area contributed by atoms with Gasteiger partial charge in [0.15, 0.2) is 0 Å². The molecule has 5 nitrogen and oxygen atoms in total. The van der Waals surface area contributed by atoms with E-state index in [-0.39, 0.29) is 5.91 Å². The topological polar surface area (TPSA) is 98.2 Å². The lowest BCUT2D eigenvalue weighted by atomic mass is 10.0. The minimum atomic E-state index is -1.08. The lowest BCUT2D eigenvalue weighted by Crippen LogP contribution is -2.53. The highest BCUT2D eigenvalue weighted by Crippen LogP contribution is 2.26. The maximum Gasteiger partial charge on any atom is 0.253 e. The Hall–Kier alpha value is -1.18. The molecule has 0 saturated carbocycles. The predicted octanol–water partition coefficient (Wildman–Crippen LogP) is 1.38. The Kier molecular flexibility index (Phi) is 6.38. The van der Waals surface area contributed by atoms with Crippen molar-refractivity contribution in [3.05, 3.63) is 29.8 Å². The number of benzene rings is 1. The Balaban J connectivity index is 2.85. The van der Waals surface area contributed by atoms with E-state index >= 15 is 0 Å². The van der Waals surface area contributed by atoms with Gasteiger partial charge < -0.3 is 16.8 Å². The van der Waals surface area contributed by atoms with Crippen LogP contribution in [-0.2, 0) is 4.79 Å². The second-order valence-electron chi connectivity index (χ2n) is 4.57. The molecular weight excluding hydrogens is 294 g/mol. The molecule has 0 fully saturated rings. The number of amides is 2. The molecule has 2 amide bonds. The summed E-state index contributed by atoms with van der Waals surface area (Å²) in [5.74, 6) is -0.347. The molecule has 0 spiro atoms. The van der Waals surface area contributed by atoms with Gasteiger partial charge in [0.2, 0.25) is 5.91 Å². The van der Waals surface area contributed by atoms with E-state index in [1.165, 1.54) is 0 Å². The average molecular weight is 313 g/mol. The van der Waals surface area contributed by atoms with Crippen molar-refractivity contribution in [2.45, 2.75) is 24.3 Å². The van der Waals surface area contributed by atoms with E-state index in [1.54, 1.807) is 49.5 Å². The normalized spacial score (nSPS) is 11.2. The summed E-state index contributed by atoms with van der Waals surface area (Å²) in [4.78, 5) is 24.4. The third-order valence-corrected chi connectivity index (χ3v) is 4.63. The first-order valence-electron chi connectivity index (χ1n) is 6.00. The van der Waals surface area contributed by atoms with Gasteiger partial charge in [-0.15, -0.1) is 23.5 Å². The number of carbonyl (C=O) groups is 2. The van der Waals surface area contributed by atoms with Crippen LogP contribution >= 0.6 is 23.5 Å². The van der Waals surface area contributed by atoms with Crippen molar-refractivity contribution in [2.75, 3.05) is 11.0 Å². The molecule has 0 aromatic heterocycles. The van der Waals surface area contributed by atoms with Gasteiger partial charge in [0.1, 0.15) is 5.54 Å². The van der Waals surface area contributed by atoms with E-state index in [0.29, 0.717) is 11.4 Å². The maximum absolute atomic E-state index is 12.3. The van der Waals surface area contributed by atoms with Crippen LogP contribution in [0.25, 0.3) is 0 Å². The van der Waals surface area contributed by atoms with Crippen molar-refractivity contribution >= 4 is 35.3 Å². The summed E-state index contributed by atoms with van der Waals surface area (Å²) < 4.78 is 0. The molecule has 20 heavy (non-hydrogen) atoms. The molecule has 0 aliphatic carbocycles. The molecule has 0 heterocycles. The molecule has 0 unspecified atom stereocenters. The van der Waals surface area contributed by atoms with Crippen LogP contribution in [0.3, 0.4) is 0 Å². The number of rotatable bonds is 7. The van der Waals surface area contributed by atoms with Crippen molar-refractivity contribution in [1.29, 1.82) is 0 Å². The zero-order valence-electron chi connectivity index (χ0n) is 11.5. The van der Waals surface area contributed by atoms with Gasteiger partial charge in [-0.1, -0.05) is 12.1 Å². The van der Waals surface area contributed by atoms with E-state index in [0.717, 1.165) is 9.98 Å².